The van der Waals surface area contributed by atoms with E-state index in [4.69, 9.17) is 11.6 Å². The molecule has 32 heavy (non-hydrogen) atoms. The van der Waals surface area contributed by atoms with Gasteiger partial charge in [0.05, 0.1) is 16.9 Å². The summed E-state index contributed by atoms with van der Waals surface area (Å²) in [4.78, 5) is 11.6. The van der Waals surface area contributed by atoms with Crippen molar-refractivity contribution in [1.82, 2.24) is 8.71 Å². The average Bonchev–Trinajstić information content (AvgIpc) is 3.32. The molecule has 1 aliphatic heterocycles. The number of pyridine rings is 1. The number of halogens is 1. The third-order valence-electron chi connectivity index (χ3n) is 5.66. The van der Waals surface area contributed by atoms with Gasteiger partial charge < -0.3 is 9.51 Å². The van der Waals surface area contributed by atoms with E-state index in [2.05, 4.69) is 6.07 Å². The molecule has 3 heterocycles. The van der Waals surface area contributed by atoms with Crippen LogP contribution in [0.3, 0.4) is 0 Å². The van der Waals surface area contributed by atoms with E-state index in [0.717, 1.165) is 11.3 Å². The first-order chi connectivity index (χ1) is 15.2. The van der Waals surface area contributed by atoms with E-state index >= 15 is 0 Å². The van der Waals surface area contributed by atoms with Gasteiger partial charge >= 0.3 is 5.97 Å². The largest absolute Gasteiger partial charge is 0.481 e. The Bertz CT molecular complexity index is 1420. The number of carbonyl (C=O) groups is 1. The second-order valence-electron chi connectivity index (χ2n) is 7.60. The fourth-order valence-corrected chi connectivity index (χ4v) is 5.96. The summed E-state index contributed by atoms with van der Waals surface area (Å²) in [5.41, 5.74) is 3.92. The van der Waals surface area contributed by atoms with Crippen LogP contribution >= 0.6 is 11.6 Å². The number of rotatable bonds is 6. The van der Waals surface area contributed by atoms with Crippen LogP contribution in [0.25, 0.3) is 5.52 Å². The highest BCUT2D eigenvalue weighted by molar-refractivity contribution is 7.89. The molecule has 9 heteroatoms. The lowest BCUT2D eigenvalue weighted by Gasteiger charge is -2.23. The lowest BCUT2D eigenvalue weighted by Crippen LogP contribution is -2.29. The van der Waals surface area contributed by atoms with Gasteiger partial charge in [-0.3, -0.25) is 9.10 Å². The summed E-state index contributed by atoms with van der Waals surface area (Å²) in [5, 5.41) is 19.0. The van der Waals surface area contributed by atoms with Gasteiger partial charge in [0.1, 0.15) is 6.07 Å². The minimum Gasteiger partial charge on any atom is -0.481 e. The molecule has 3 aromatic rings. The van der Waals surface area contributed by atoms with E-state index in [1.165, 1.54) is 16.4 Å². The number of hydrogen-bond acceptors (Lipinski definition) is 4. The second kappa shape index (κ2) is 8.34. The predicted octanol–water partition coefficient (Wildman–Crippen LogP) is 3.92. The van der Waals surface area contributed by atoms with Gasteiger partial charge in [-0.25, -0.2) is 8.42 Å². The molecule has 1 N–H and O–H groups in total. The molecule has 0 fully saturated rings. The highest BCUT2D eigenvalue weighted by Crippen LogP contribution is 2.32. The maximum atomic E-state index is 13.3. The zero-order valence-corrected chi connectivity index (χ0v) is 18.8. The number of nitrogens with zero attached hydrogens (tertiary/aromatic N) is 3. The molecule has 164 valence electrons. The van der Waals surface area contributed by atoms with Crippen molar-refractivity contribution < 1.29 is 18.3 Å². The SMILES string of the molecule is Cc1c(CC(=O)O)c2ccc(C#N)cn2c1CC1=CCCN1S(=O)(=O)c1cccc(Cl)c1. The highest BCUT2D eigenvalue weighted by Gasteiger charge is 2.30. The number of carboxylic acid groups (broad SMARTS) is 1. The normalized spacial score (nSPS) is 13.9. The minimum absolute atomic E-state index is 0.118. The number of aromatic nitrogens is 1. The Labute approximate surface area is 190 Å². The molecule has 0 radical (unpaired) electrons. The van der Waals surface area contributed by atoms with Crippen LogP contribution in [-0.2, 0) is 27.7 Å². The van der Waals surface area contributed by atoms with Crippen LogP contribution in [0.1, 0.15) is 28.8 Å². The van der Waals surface area contributed by atoms with Gasteiger partial charge in [-0.2, -0.15) is 5.26 Å². The molecule has 7 nitrogen and oxygen atoms in total. The molecule has 0 atom stereocenters. The third kappa shape index (κ3) is 3.85. The Kier molecular flexibility index (Phi) is 5.71. The maximum Gasteiger partial charge on any atom is 0.307 e. The van der Waals surface area contributed by atoms with Gasteiger partial charge in [0.25, 0.3) is 10.0 Å². The summed E-state index contributed by atoms with van der Waals surface area (Å²) in [6, 6.07) is 11.6. The van der Waals surface area contributed by atoms with E-state index in [9.17, 15) is 23.6 Å². The third-order valence-corrected chi connectivity index (χ3v) is 7.74. The standard InChI is InChI=1S/C23H20ClN3O4S/c1-15-20(12-23(28)29)21-8-7-16(13-25)14-26(21)22(15)11-18-5-3-9-27(18)32(30,31)19-6-2-4-17(24)10-19/h2,4-8,10,14H,3,9,11-12H2,1H3,(H,28,29). The summed E-state index contributed by atoms with van der Waals surface area (Å²) < 4.78 is 29.8. The molecule has 0 saturated carbocycles. The lowest BCUT2D eigenvalue weighted by atomic mass is 10.1. The Balaban J connectivity index is 1.78. The second-order valence-corrected chi connectivity index (χ2v) is 9.90. The number of carboxylic acids is 1. The van der Waals surface area contributed by atoms with E-state index < -0.39 is 16.0 Å². The van der Waals surface area contributed by atoms with Crippen molar-refractivity contribution in [2.75, 3.05) is 6.54 Å². The fraction of sp³-hybridized carbons (Fsp3) is 0.217. The Morgan fingerprint density at radius 2 is 2.06 bits per heavy atom. The molecule has 0 bridgehead atoms. The summed E-state index contributed by atoms with van der Waals surface area (Å²) in [6.07, 6.45) is 4.23. The molecule has 1 aromatic carbocycles. The molecule has 0 unspecified atom stereocenters. The van der Waals surface area contributed by atoms with Gasteiger partial charge in [-0.05, 0) is 54.8 Å². The zero-order valence-electron chi connectivity index (χ0n) is 17.2. The van der Waals surface area contributed by atoms with E-state index in [-0.39, 0.29) is 17.7 Å². The molecule has 0 saturated heterocycles. The molecular weight excluding hydrogens is 450 g/mol. The average molecular weight is 470 g/mol. The van der Waals surface area contributed by atoms with Crippen LogP contribution in [0.15, 0.2) is 59.3 Å². The van der Waals surface area contributed by atoms with Crippen LogP contribution in [0, 0.1) is 18.3 Å². The van der Waals surface area contributed by atoms with Crippen LogP contribution in [0.5, 0.6) is 0 Å². The lowest BCUT2D eigenvalue weighted by molar-refractivity contribution is -0.136. The number of benzene rings is 1. The summed E-state index contributed by atoms with van der Waals surface area (Å²) in [7, 11) is -3.80. The maximum absolute atomic E-state index is 13.3. The summed E-state index contributed by atoms with van der Waals surface area (Å²) in [5.74, 6) is -0.957. The molecular formula is C23H20ClN3O4S. The zero-order chi connectivity index (χ0) is 23.0. The van der Waals surface area contributed by atoms with E-state index in [1.54, 1.807) is 34.9 Å². The van der Waals surface area contributed by atoms with E-state index in [1.807, 2.05) is 13.0 Å². The van der Waals surface area contributed by atoms with Crippen molar-refractivity contribution in [2.45, 2.75) is 31.1 Å². The highest BCUT2D eigenvalue weighted by atomic mass is 35.5. The van der Waals surface area contributed by atoms with Crippen LogP contribution in [0.2, 0.25) is 5.02 Å². The van der Waals surface area contributed by atoms with Crippen molar-refractivity contribution in [3.05, 3.63) is 81.8 Å². The molecule has 1 aliphatic rings. The van der Waals surface area contributed by atoms with Crippen molar-refractivity contribution in [3.63, 3.8) is 0 Å². The minimum atomic E-state index is -3.80. The molecule has 2 aromatic heterocycles. The number of nitriles is 1. The van der Waals surface area contributed by atoms with Gasteiger partial charge in [-0.1, -0.05) is 23.7 Å². The van der Waals surface area contributed by atoms with Gasteiger partial charge in [0.15, 0.2) is 0 Å². The monoisotopic (exact) mass is 469 g/mol. The van der Waals surface area contributed by atoms with Gasteiger partial charge in [0.2, 0.25) is 0 Å². The summed E-state index contributed by atoms with van der Waals surface area (Å²) >= 11 is 6.01. The summed E-state index contributed by atoms with van der Waals surface area (Å²) in [6.45, 7) is 2.15. The van der Waals surface area contributed by atoms with Crippen molar-refractivity contribution in [2.24, 2.45) is 0 Å². The first-order valence-electron chi connectivity index (χ1n) is 9.94. The molecule has 0 spiro atoms. The van der Waals surface area contributed by atoms with Gasteiger partial charge in [0, 0.05) is 41.1 Å². The molecule has 4 rings (SSSR count). The van der Waals surface area contributed by atoms with Gasteiger partial charge in [-0.15, -0.1) is 0 Å². The van der Waals surface area contributed by atoms with Crippen molar-refractivity contribution in [3.8, 4) is 6.07 Å². The van der Waals surface area contributed by atoms with E-state index in [0.29, 0.717) is 40.3 Å². The Morgan fingerprint density at radius 1 is 1.28 bits per heavy atom. The number of aliphatic carboxylic acids is 1. The molecule has 0 aliphatic carbocycles. The van der Waals surface area contributed by atoms with Crippen LogP contribution < -0.4 is 0 Å². The predicted molar refractivity (Wildman–Crippen MR) is 120 cm³/mol. The number of allylic oxidation sites excluding steroid dienone is 1. The fourth-order valence-electron chi connectivity index (χ4n) is 4.13. The first kappa shape index (κ1) is 21.9. The van der Waals surface area contributed by atoms with Crippen molar-refractivity contribution >= 4 is 33.1 Å². The van der Waals surface area contributed by atoms with Crippen LogP contribution in [0.4, 0.5) is 0 Å². The Hall–Kier alpha value is -3.28. The number of hydrogen-bond donors (Lipinski definition) is 1. The smallest absolute Gasteiger partial charge is 0.307 e. The van der Waals surface area contributed by atoms with Crippen molar-refractivity contribution in [1.29, 1.82) is 5.26 Å². The number of fused-ring (bicyclic) bond motifs is 1. The Morgan fingerprint density at radius 3 is 2.75 bits per heavy atom. The number of sulfonamides is 1. The first-order valence-corrected chi connectivity index (χ1v) is 11.8. The topological polar surface area (TPSA) is 103 Å². The quantitative estimate of drug-likeness (QED) is 0.589. The van der Waals surface area contributed by atoms with Crippen LogP contribution in [-0.4, -0.2) is 34.7 Å². The molecule has 0 amide bonds.